The number of thioether (sulfide) groups is 1. The van der Waals surface area contributed by atoms with Crippen LogP contribution in [0.2, 0.25) is 0 Å². The summed E-state index contributed by atoms with van der Waals surface area (Å²) in [4.78, 5) is 22.9. The van der Waals surface area contributed by atoms with Crippen LogP contribution in [-0.4, -0.2) is 73.8 Å². The fourth-order valence-electron chi connectivity index (χ4n) is 5.42. The third kappa shape index (κ3) is 6.33. The van der Waals surface area contributed by atoms with Gasteiger partial charge in [0.25, 0.3) is 0 Å². The topological polar surface area (TPSA) is 142 Å². The van der Waals surface area contributed by atoms with Gasteiger partial charge in [-0.05, 0) is 53.0 Å². The highest BCUT2D eigenvalue weighted by Gasteiger charge is 2.51. The number of hydrazine groups is 1. The number of fused-ring (bicyclic) bond motifs is 2. The summed E-state index contributed by atoms with van der Waals surface area (Å²) >= 11 is 3.17. The summed E-state index contributed by atoms with van der Waals surface area (Å²) in [6.07, 6.45) is -2.82. The summed E-state index contributed by atoms with van der Waals surface area (Å²) in [5.74, 6) is 0.931. The van der Waals surface area contributed by atoms with Gasteiger partial charge in [0.15, 0.2) is 12.1 Å². The van der Waals surface area contributed by atoms with Gasteiger partial charge in [-0.25, -0.2) is 24.9 Å². The first-order chi connectivity index (χ1) is 21.0. The molecule has 44 heavy (non-hydrogen) atoms. The molecular formula is C30H36N6O6S2. The van der Waals surface area contributed by atoms with Crippen molar-refractivity contribution in [2.75, 3.05) is 12.9 Å². The van der Waals surface area contributed by atoms with E-state index < -0.39 is 48.4 Å². The summed E-state index contributed by atoms with van der Waals surface area (Å²) < 4.78 is 27.1. The first kappa shape index (κ1) is 30.9. The Morgan fingerprint density at radius 3 is 2.66 bits per heavy atom. The number of aryl methyl sites for hydroxylation is 2. The van der Waals surface area contributed by atoms with Crippen LogP contribution in [0.15, 0.2) is 47.4 Å². The van der Waals surface area contributed by atoms with Gasteiger partial charge in [0, 0.05) is 10.5 Å². The van der Waals surface area contributed by atoms with E-state index in [9.17, 15) is 9.90 Å². The Kier molecular flexibility index (Phi) is 8.67. The van der Waals surface area contributed by atoms with E-state index in [0.717, 1.165) is 31.4 Å². The lowest BCUT2D eigenvalue weighted by Gasteiger charge is -2.48. The van der Waals surface area contributed by atoms with E-state index >= 15 is 0 Å². The lowest BCUT2D eigenvalue weighted by molar-refractivity contribution is -0.313. The van der Waals surface area contributed by atoms with Crippen molar-refractivity contribution in [1.82, 2.24) is 30.6 Å². The number of thiazole rings is 1. The Morgan fingerprint density at radius 1 is 1.16 bits per heavy atom. The number of aliphatic hydroxyl groups excluding tert-OH is 1. The Morgan fingerprint density at radius 2 is 1.93 bits per heavy atom. The number of aliphatic hydroxyl groups is 1. The number of benzene rings is 2. The zero-order chi connectivity index (χ0) is 31.2. The second-order valence-corrected chi connectivity index (χ2v) is 13.8. The van der Waals surface area contributed by atoms with Gasteiger partial charge in [0.2, 0.25) is 0 Å². The molecule has 1 amide bonds. The minimum Gasteiger partial charge on any atom is -0.443 e. The van der Waals surface area contributed by atoms with Crippen LogP contribution in [0.5, 0.6) is 0 Å². The average molecular weight is 641 g/mol. The van der Waals surface area contributed by atoms with E-state index in [1.165, 1.54) is 0 Å². The predicted octanol–water partition coefficient (Wildman–Crippen LogP) is 4.53. The minimum absolute atomic E-state index is 0.188. The fourth-order valence-corrected chi connectivity index (χ4v) is 6.85. The molecule has 0 spiro atoms. The van der Waals surface area contributed by atoms with Crippen molar-refractivity contribution in [2.24, 2.45) is 0 Å². The molecule has 0 aliphatic carbocycles. The lowest BCUT2D eigenvalue weighted by atomic mass is 9.91. The third-order valence-corrected chi connectivity index (χ3v) is 8.94. The van der Waals surface area contributed by atoms with Crippen LogP contribution in [-0.2, 0) is 18.9 Å². The SMILES string of the molecule is CSc1cc2nc(C)sc2cc1-n1nc(C)nc1[C@@H]1O[C@@H]2COC(c3ccccc3)O[C@@H]2[C@H](NNC(=O)OC(C)(C)C)[C@H]1O. The maximum Gasteiger partial charge on any atom is 0.422 e. The normalized spacial score (nSPS) is 25.5. The van der Waals surface area contributed by atoms with Crippen molar-refractivity contribution in [3.63, 3.8) is 0 Å². The summed E-state index contributed by atoms with van der Waals surface area (Å²) in [5, 5.41) is 17.6. The molecule has 2 saturated heterocycles. The minimum atomic E-state index is -1.21. The second-order valence-electron chi connectivity index (χ2n) is 11.7. The maximum absolute atomic E-state index is 12.6. The van der Waals surface area contributed by atoms with Crippen molar-refractivity contribution < 1.29 is 28.8 Å². The molecule has 1 unspecified atom stereocenters. The molecule has 12 nitrogen and oxygen atoms in total. The van der Waals surface area contributed by atoms with Gasteiger partial charge in [-0.3, -0.25) is 5.43 Å². The molecule has 2 fully saturated rings. The molecule has 14 heteroatoms. The molecule has 4 heterocycles. The van der Waals surface area contributed by atoms with Crippen LogP contribution >= 0.6 is 23.1 Å². The number of hydrogen-bond donors (Lipinski definition) is 3. The molecule has 3 N–H and O–H groups in total. The number of aromatic nitrogens is 4. The highest BCUT2D eigenvalue weighted by molar-refractivity contribution is 7.98. The van der Waals surface area contributed by atoms with Gasteiger partial charge in [0.05, 0.1) is 33.6 Å². The van der Waals surface area contributed by atoms with Gasteiger partial charge in [-0.2, -0.15) is 5.10 Å². The number of amides is 1. The van der Waals surface area contributed by atoms with Crippen LogP contribution in [0.3, 0.4) is 0 Å². The summed E-state index contributed by atoms with van der Waals surface area (Å²) in [6, 6.07) is 12.8. The smallest absolute Gasteiger partial charge is 0.422 e. The molecule has 6 atom stereocenters. The summed E-state index contributed by atoms with van der Waals surface area (Å²) in [6.45, 7) is 9.28. The fraction of sp³-hybridized carbons (Fsp3) is 0.467. The third-order valence-electron chi connectivity index (χ3n) is 7.24. The highest BCUT2D eigenvalue weighted by Crippen LogP contribution is 2.40. The largest absolute Gasteiger partial charge is 0.443 e. The molecule has 234 valence electrons. The maximum atomic E-state index is 12.6. The van der Waals surface area contributed by atoms with Crippen molar-refractivity contribution >= 4 is 39.4 Å². The van der Waals surface area contributed by atoms with E-state index in [-0.39, 0.29) is 6.61 Å². The van der Waals surface area contributed by atoms with Gasteiger partial charge < -0.3 is 24.1 Å². The molecule has 2 aliphatic heterocycles. The Hall–Kier alpha value is -3.11. The zero-order valence-corrected chi connectivity index (χ0v) is 26.9. The number of ether oxygens (including phenoxy) is 4. The molecule has 0 saturated carbocycles. The van der Waals surface area contributed by atoms with Crippen LogP contribution < -0.4 is 10.9 Å². The number of nitrogens with zero attached hydrogens (tertiary/aromatic N) is 4. The van der Waals surface area contributed by atoms with Crippen molar-refractivity contribution in [3.05, 3.63) is 64.7 Å². The Balaban J connectivity index is 1.35. The van der Waals surface area contributed by atoms with E-state index in [1.807, 2.05) is 55.6 Å². The van der Waals surface area contributed by atoms with E-state index in [2.05, 4.69) is 15.8 Å². The Bertz CT molecular complexity index is 1640. The number of rotatable bonds is 6. The van der Waals surface area contributed by atoms with Gasteiger partial charge >= 0.3 is 6.09 Å². The Labute approximate surface area is 263 Å². The standard InChI is InChI=1S/C30H36N6O6S2/c1-15-31-27(36(35-15)19-13-21-18(12-22(19)43-6)32-16(2)44-21)26-24(37)23(33-34-29(38)42-30(3,4)5)25-20(40-26)14-39-28(41-25)17-10-8-7-9-11-17/h7-13,20,23-26,28,33,37H,14H2,1-6H3,(H,34,38)/t20-,23-,24-,25+,26-,28?/m1/s1. The molecule has 0 radical (unpaired) electrons. The van der Waals surface area contributed by atoms with Gasteiger partial charge in [-0.1, -0.05) is 30.3 Å². The zero-order valence-electron chi connectivity index (χ0n) is 25.3. The average Bonchev–Trinajstić information content (AvgIpc) is 3.55. The van der Waals surface area contributed by atoms with E-state index in [0.29, 0.717) is 11.6 Å². The lowest BCUT2D eigenvalue weighted by Crippen LogP contribution is -2.66. The van der Waals surface area contributed by atoms with Crippen molar-refractivity contribution in [1.29, 1.82) is 0 Å². The molecule has 2 aliphatic rings. The summed E-state index contributed by atoms with van der Waals surface area (Å²) in [7, 11) is 0. The number of hydrogen-bond acceptors (Lipinski definition) is 12. The highest BCUT2D eigenvalue weighted by atomic mass is 32.2. The van der Waals surface area contributed by atoms with Gasteiger partial charge in [0.1, 0.15) is 35.8 Å². The van der Waals surface area contributed by atoms with Crippen molar-refractivity contribution in [2.45, 2.75) is 81.9 Å². The number of carbonyl (C=O) groups excluding carboxylic acids is 1. The van der Waals surface area contributed by atoms with Crippen LogP contribution in [0, 0.1) is 13.8 Å². The molecule has 0 bridgehead atoms. The molecule has 2 aromatic heterocycles. The molecular weight excluding hydrogens is 605 g/mol. The quantitative estimate of drug-likeness (QED) is 0.202. The molecule has 2 aromatic carbocycles. The van der Waals surface area contributed by atoms with Gasteiger partial charge in [-0.15, -0.1) is 23.1 Å². The van der Waals surface area contributed by atoms with E-state index in [1.54, 1.807) is 55.5 Å². The summed E-state index contributed by atoms with van der Waals surface area (Å²) in [5.41, 5.74) is 7.41. The molecule has 4 aromatic rings. The predicted molar refractivity (Wildman–Crippen MR) is 166 cm³/mol. The molecule has 6 rings (SSSR count). The first-order valence-electron chi connectivity index (χ1n) is 14.3. The monoisotopic (exact) mass is 640 g/mol. The van der Waals surface area contributed by atoms with Crippen molar-refractivity contribution in [3.8, 4) is 5.69 Å². The number of nitrogens with one attached hydrogen (secondary N) is 2. The number of carbonyl (C=O) groups is 1. The second kappa shape index (κ2) is 12.4. The van der Waals surface area contributed by atoms with Crippen LogP contribution in [0.4, 0.5) is 4.79 Å². The first-order valence-corrected chi connectivity index (χ1v) is 16.3. The van der Waals surface area contributed by atoms with E-state index in [4.69, 9.17) is 29.0 Å². The van der Waals surface area contributed by atoms with Crippen LogP contribution in [0.25, 0.3) is 15.9 Å². The van der Waals surface area contributed by atoms with Crippen LogP contribution in [0.1, 0.15) is 55.4 Å².